The van der Waals surface area contributed by atoms with Gasteiger partial charge < -0.3 is 19.7 Å². The Kier molecular flexibility index (Phi) is 6.04. The van der Waals surface area contributed by atoms with Crippen molar-refractivity contribution in [2.45, 2.75) is 58.8 Å². The third kappa shape index (κ3) is 5.99. The van der Waals surface area contributed by atoms with Gasteiger partial charge in [0.05, 0.1) is 5.69 Å². The van der Waals surface area contributed by atoms with Gasteiger partial charge in [-0.1, -0.05) is 0 Å². The molecule has 0 radical (unpaired) electrons. The number of carbonyl (C=O) groups is 2. The number of hydrogen-bond acceptors (Lipinski definition) is 7. The van der Waals surface area contributed by atoms with Gasteiger partial charge in [0.1, 0.15) is 12.2 Å². The molecule has 7 nitrogen and oxygen atoms in total. The Balaban J connectivity index is 1.77. The van der Waals surface area contributed by atoms with Crippen LogP contribution in [0.5, 0.6) is 0 Å². The van der Waals surface area contributed by atoms with E-state index in [2.05, 4.69) is 10.3 Å². The number of piperidine rings is 1. The summed E-state index contributed by atoms with van der Waals surface area (Å²) < 4.78 is 10.3. The highest BCUT2D eigenvalue weighted by Gasteiger charge is 2.27. The molecule has 0 unspecified atom stereocenters. The first kappa shape index (κ1) is 18.5. The van der Waals surface area contributed by atoms with Gasteiger partial charge in [-0.05, 0) is 33.6 Å². The second-order valence-corrected chi connectivity index (χ2v) is 7.67. The van der Waals surface area contributed by atoms with Gasteiger partial charge >= 0.3 is 12.1 Å². The summed E-state index contributed by atoms with van der Waals surface area (Å²) in [5, 5.41) is 6.07. The Hall–Kier alpha value is -1.83. The zero-order chi connectivity index (χ0) is 17.7. The number of likely N-dealkylation sites (tertiary alicyclic amines) is 1. The number of carbonyl (C=O) groups excluding carboxylic acids is 2. The fraction of sp³-hybridized carbons (Fsp3) is 0.688. The van der Waals surface area contributed by atoms with Crippen molar-refractivity contribution in [1.82, 2.24) is 9.88 Å². The lowest BCUT2D eigenvalue weighted by molar-refractivity contribution is -0.142. The number of thiazole rings is 1. The van der Waals surface area contributed by atoms with E-state index in [1.807, 2.05) is 26.2 Å². The molecule has 1 N–H and O–H groups in total. The minimum Gasteiger partial charge on any atom is -0.459 e. The summed E-state index contributed by atoms with van der Waals surface area (Å²) in [5.41, 5.74) is 0.273. The van der Waals surface area contributed by atoms with Gasteiger partial charge in [0.2, 0.25) is 0 Å². The Morgan fingerprint density at radius 2 is 2.04 bits per heavy atom. The van der Waals surface area contributed by atoms with E-state index in [9.17, 15) is 9.59 Å². The smallest absolute Gasteiger partial charge is 0.410 e. The summed E-state index contributed by atoms with van der Waals surface area (Å²) in [6, 6.07) is 0.274. The number of hydrogen-bond donors (Lipinski definition) is 1. The SMILES string of the molecule is CC(=O)OCc1csc(NC2CCN(C(=O)OC(C)(C)C)CC2)n1. The Morgan fingerprint density at radius 3 is 2.62 bits per heavy atom. The van der Waals surface area contributed by atoms with Gasteiger partial charge in [-0.3, -0.25) is 4.79 Å². The Bertz CT molecular complexity index is 574. The molecule has 1 fully saturated rings. The van der Waals surface area contributed by atoms with E-state index < -0.39 is 5.60 Å². The molecule has 2 rings (SSSR count). The summed E-state index contributed by atoms with van der Waals surface area (Å²) in [7, 11) is 0. The second-order valence-electron chi connectivity index (χ2n) is 6.81. The molecule has 0 bridgehead atoms. The third-order valence-corrected chi connectivity index (χ3v) is 4.27. The Labute approximate surface area is 146 Å². The summed E-state index contributed by atoms with van der Waals surface area (Å²) in [6.07, 6.45) is 1.44. The van der Waals surface area contributed by atoms with Crippen LogP contribution in [0.1, 0.15) is 46.2 Å². The van der Waals surface area contributed by atoms with Gasteiger partial charge in [-0.25, -0.2) is 9.78 Å². The molecule has 0 atom stereocenters. The van der Waals surface area contributed by atoms with Gasteiger partial charge in [0.25, 0.3) is 0 Å². The summed E-state index contributed by atoms with van der Waals surface area (Å²) in [6.45, 7) is 8.52. The molecule has 1 aromatic rings. The zero-order valence-electron chi connectivity index (χ0n) is 14.6. The van der Waals surface area contributed by atoms with Crippen molar-refractivity contribution in [3.05, 3.63) is 11.1 Å². The predicted octanol–water partition coefficient (Wildman–Crippen LogP) is 3.02. The molecule has 0 saturated carbocycles. The van der Waals surface area contributed by atoms with E-state index in [1.54, 1.807) is 4.90 Å². The minimum atomic E-state index is -0.467. The van der Waals surface area contributed by atoms with Crippen molar-refractivity contribution >= 4 is 28.5 Å². The van der Waals surface area contributed by atoms with Crippen molar-refractivity contribution in [2.24, 2.45) is 0 Å². The van der Waals surface area contributed by atoms with Crippen LogP contribution in [0, 0.1) is 0 Å². The van der Waals surface area contributed by atoms with Crippen molar-refractivity contribution in [2.75, 3.05) is 18.4 Å². The normalized spacial score (nSPS) is 15.9. The molecule has 8 heteroatoms. The molecule has 1 saturated heterocycles. The number of amides is 1. The van der Waals surface area contributed by atoms with E-state index in [1.165, 1.54) is 18.3 Å². The minimum absolute atomic E-state index is 0.199. The Morgan fingerprint density at radius 1 is 1.38 bits per heavy atom. The predicted molar refractivity (Wildman–Crippen MR) is 92.0 cm³/mol. The molecular formula is C16H25N3O4S. The second kappa shape index (κ2) is 7.83. The summed E-state index contributed by atoms with van der Waals surface area (Å²) >= 11 is 1.49. The number of rotatable bonds is 4. The zero-order valence-corrected chi connectivity index (χ0v) is 15.4. The van der Waals surface area contributed by atoms with E-state index in [4.69, 9.17) is 9.47 Å². The first-order valence-electron chi connectivity index (χ1n) is 8.05. The number of nitrogens with zero attached hydrogens (tertiary/aromatic N) is 2. The van der Waals surface area contributed by atoms with Crippen LogP contribution in [0.25, 0.3) is 0 Å². The summed E-state index contributed by atoms with van der Waals surface area (Å²) in [5.74, 6) is -0.313. The quantitative estimate of drug-likeness (QED) is 0.836. The van der Waals surface area contributed by atoms with Crippen molar-refractivity contribution in [3.8, 4) is 0 Å². The third-order valence-electron chi connectivity index (χ3n) is 3.45. The monoisotopic (exact) mass is 355 g/mol. The van der Waals surface area contributed by atoms with Gasteiger partial charge in [0.15, 0.2) is 5.13 Å². The molecular weight excluding hydrogens is 330 g/mol. The van der Waals surface area contributed by atoms with Crippen molar-refractivity contribution in [1.29, 1.82) is 0 Å². The number of anilines is 1. The number of ether oxygens (including phenoxy) is 2. The molecule has 0 aliphatic carbocycles. The van der Waals surface area contributed by atoms with E-state index >= 15 is 0 Å². The molecule has 1 aliphatic rings. The van der Waals surface area contributed by atoms with Gasteiger partial charge in [-0.15, -0.1) is 11.3 Å². The van der Waals surface area contributed by atoms with E-state index in [-0.39, 0.29) is 24.7 Å². The molecule has 1 amide bonds. The van der Waals surface area contributed by atoms with Crippen LogP contribution in [-0.4, -0.2) is 46.7 Å². The van der Waals surface area contributed by atoms with Crippen LogP contribution in [0.4, 0.5) is 9.93 Å². The van der Waals surface area contributed by atoms with E-state index in [0.29, 0.717) is 13.1 Å². The van der Waals surface area contributed by atoms with Gasteiger partial charge in [0, 0.05) is 31.4 Å². The topological polar surface area (TPSA) is 80.8 Å². The number of esters is 1. The average Bonchev–Trinajstić information content (AvgIpc) is 2.91. The lowest BCUT2D eigenvalue weighted by atomic mass is 10.1. The highest BCUT2D eigenvalue weighted by atomic mass is 32.1. The van der Waals surface area contributed by atoms with Crippen LogP contribution in [0.3, 0.4) is 0 Å². The van der Waals surface area contributed by atoms with E-state index in [0.717, 1.165) is 23.7 Å². The molecule has 134 valence electrons. The fourth-order valence-corrected chi connectivity index (χ4v) is 3.10. The lowest BCUT2D eigenvalue weighted by Crippen LogP contribution is -2.44. The molecule has 0 spiro atoms. The molecule has 2 heterocycles. The molecule has 1 aromatic heterocycles. The highest BCUT2D eigenvalue weighted by molar-refractivity contribution is 7.13. The van der Waals surface area contributed by atoms with Crippen molar-refractivity contribution in [3.63, 3.8) is 0 Å². The van der Waals surface area contributed by atoms with Gasteiger partial charge in [-0.2, -0.15) is 0 Å². The molecule has 0 aromatic carbocycles. The number of aromatic nitrogens is 1. The van der Waals surface area contributed by atoms with Crippen LogP contribution in [0.2, 0.25) is 0 Å². The maximum absolute atomic E-state index is 12.0. The van der Waals surface area contributed by atoms with Crippen LogP contribution < -0.4 is 5.32 Å². The maximum atomic E-state index is 12.0. The average molecular weight is 355 g/mol. The first-order chi connectivity index (χ1) is 11.2. The molecule has 24 heavy (non-hydrogen) atoms. The molecule has 1 aliphatic heterocycles. The van der Waals surface area contributed by atoms with Crippen molar-refractivity contribution < 1.29 is 19.1 Å². The summed E-state index contributed by atoms with van der Waals surface area (Å²) in [4.78, 5) is 29.0. The fourth-order valence-electron chi connectivity index (χ4n) is 2.32. The first-order valence-corrected chi connectivity index (χ1v) is 8.93. The van der Waals surface area contributed by atoms with Crippen LogP contribution >= 0.6 is 11.3 Å². The highest BCUT2D eigenvalue weighted by Crippen LogP contribution is 2.22. The number of nitrogens with one attached hydrogen (secondary N) is 1. The standard InChI is InChI=1S/C16H25N3O4S/c1-11(20)22-9-13-10-24-14(18-13)17-12-5-7-19(8-6-12)15(21)23-16(2,3)4/h10,12H,5-9H2,1-4H3,(H,17,18). The largest absolute Gasteiger partial charge is 0.459 e. The van der Waals surface area contributed by atoms with Crippen LogP contribution in [-0.2, 0) is 20.9 Å². The lowest BCUT2D eigenvalue weighted by Gasteiger charge is -2.33. The maximum Gasteiger partial charge on any atom is 0.410 e. The van der Waals surface area contributed by atoms with Crippen LogP contribution in [0.15, 0.2) is 5.38 Å².